The SMILES string of the molecule is COC(=O)c1ccc(F)cc1Br.COC(=O)c1ccc(F)cc1CCc1ccccc1. The molecule has 3 aromatic rings. The summed E-state index contributed by atoms with van der Waals surface area (Å²) in [5.74, 6) is -1.64. The first-order chi connectivity index (χ1) is 14.8. The second-order valence-corrected chi connectivity index (χ2v) is 7.25. The zero-order chi connectivity index (χ0) is 22.8. The number of hydrogen-bond acceptors (Lipinski definition) is 4. The van der Waals surface area contributed by atoms with E-state index in [0.717, 1.165) is 12.0 Å². The molecule has 162 valence electrons. The molecule has 0 atom stereocenters. The van der Waals surface area contributed by atoms with Crippen LogP contribution in [0.4, 0.5) is 8.78 Å². The topological polar surface area (TPSA) is 52.6 Å². The Bertz CT molecular complexity index is 1040. The van der Waals surface area contributed by atoms with E-state index in [2.05, 4.69) is 20.7 Å². The lowest BCUT2D eigenvalue weighted by Crippen LogP contribution is -2.07. The Hall–Kier alpha value is -3.06. The number of benzene rings is 3. The van der Waals surface area contributed by atoms with E-state index in [1.165, 1.54) is 50.6 Å². The Morgan fingerprint density at radius 1 is 0.774 bits per heavy atom. The first-order valence-electron chi connectivity index (χ1n) is 9.29. The highest BCUT2D eigenvalue weighted by molar-refractivity contribution is 9.10. The largest absolute Gasteiger partial charge is 0.465 e. The van der Waals surface area contributed by atoms with Crippen molar-refractivity contribution in [2.45, 2.75) is 12.8 Å². The molecule has 7 heteroatoms. The predicted molar refractivity (Wildman–Crippen MR) is 117 cm³/mol. The average Bonchev–Trinajstić information content (AvgIpc) is 2.78. The number of ether oxygens (including phenoxy) is 2. The molecule has 0 fully saturated rings. The van der Waals surface area contributed by atoms with Crippen LogP contribution in [-0.2, 0) is 22.3 Å². The molecular weight excluding hydrogens is 470 g/mol. The molecule has 3 aromatic carbocycles. The van der Waals surface area contributed by atoms with E-state index in [4.69, 9.17) is 4.74 Å². The lowest BCUT2D eigenvalue weighted by Gasteiger charge is -2.08. The minimum Gasteiger partial charge on any atom is -0.465 e. The molecular formula is C24H21BrF2O4. The maximum atomic E-state index is 13.3. The minimum atomic E-state index is -0.484. The number of methoxy groups -OCH3 is 2. The van der Waals surface area contributed by atoms with Gasteiger partial charge in [-0.2, -0.15) is 0 Å². The van der Waals surface area contributed by atoms with Crippen molar-refractivity contribution >= 4 is 27.9 Å². The predicted octanol–water partition coefficient (Wildman–Crippen LogP) is 5.77. The van der Waals surface area contributed by atoms with Gasteiger partial charge in [-0.15, -0.1) is 0 Å². The molecule has 0 N–H and O–H groups in total. The van der Waals surface area contributed by atoms with E-state index in [0.29, 0.717) is 27.6 Å². The highest BCUT2D eigenvalue weighted by Gasteiger charge is 2.12. The van der Waals surface area contributed by atoms with Gasteiger partial charge >= 0.3 is 11.9 Å². The smallest absolute Gasteiger partial charge is 0.339 e. The highest BCUT2D eigenvalue weighted by atomic mass is 79.9. The Labute approximate surface area is 187 Å². The van der Waals surface area contributed by atoms with Crippen LogP contribution in [0.5, 0.6) is 0 Å². The molecule has 0 radical (unpaired) electrons. The van der Waals surface area contributed by atoms with Crippen LogP contribution in [0.1, 0.15) is 31.8 Å². The lowest BCUT2D eigenvalue weighted by atomic mass is 9.99. The van der Waals surface area contributed by atoms with Crippen molar-refractivity contribution in [3.63, 3.8) is 0 Å². The number of esters is 2. The molecule has 0 spiro atoms. The molecule has 3 rings (SSSR count). The number of carbonyl (C=O) groups excluding carboxylic acids is 2. The summed E-state index contributed by atoms with van der Waals surface area (Å²) in [5.41, 5.74) is 2.58. The fraction of sp³-hybridized carbons (Fsp3) is 0.167. The zero-order valence-corrected chi connectivity index (χ0v) is 18.6. The molecule has 0 unspecified atom stereocenters. The fourth-order valence-electron chi connectivity index (χ4n) is 2.77. The number of aryl methyl sites for hydroxylation is 2. The summed E-state index contributed by atoms with van der Waals surface area (Å²) < 4.78 is 35.4. The van der Waals surface area contributed by atoms with Crippen molar-refractivity contribution in [2.75, 3.05) is 14.2 Å². The molecule has 0 amide bonds. The Morgan fingerprint density at radius 2 is 1.32 bits per heavy atom. The summed E-state index contributed by atoms with van der Waals surface area (Å²) >= 11 is 3.05. The summed E-state index contributed by atoms with van der Waals surface area (Å²) in [6.45, 7) is 0. The molecule has 0 aromatic heterocycles. The van der Waals surface area contributed by atoms with Crippen LogP contribution in [0, 0.1) is 11.6 Å². The number of carbonyl (C=O) groups is 2. The molecule has 0 bridgehead atoms. The van der Waals surface area contributed by atoms with Crippen molar-refractivity contribution in [1.29, 1.82) is 0 Å². The van der Waals surface area contributed by atoms with Gasteiger partial charge in [-0.1, -0.05) is 30.3 Å². The van der Waals surface area contributed by atoms with Crippen molar-refractivity contribution < 1.29 is 27.8 Å². The van der Waals surface area contributed by atoms with E-state index < -0.39 is 17.8 Å². The number of hydrogen-bond donors (Lipinski definition) is 0. The van der Waals surface area contributed by atoms with Gasteiger partial charge in [0.1, 0.15) is 11.6 Å². The van der Waals surface area contributed by atoms with E-state index in [1.54, 1.807) is 0 Å². The molecule has 0 aliphatic carbocycles. The minimum absolute atomic E-state index is 0.318. The summed E-state index contributed by atoms with van der Waals surface area (Å²) in [6, 6.07) is 17.8. The maximum absolute atomic E-state index is 13.3. The van der Waals surface area contributed by atoms with Gasteiger partial charge in [0.05, 0.1) is 25.3 Å². The third-order valence-corrected chi connectivity index (χ3v) is 4.99. The maximum Gasteiger partial charge on any atom is 0.339 e. The van der Waals surface area contributed by atoms with Crippen LogP contribution in [-0.4, -0.2) is 26.2 Å². The van der Waals surface area contributed by atoms with Crippen molar-refractivity contribution in [2.24, 2.45) is 0 Å². The van der Waals surface area contributed by atoms with Crippen LogP contribution in [0.3, 0.4) is 0 Å². The molecule has 0 saturated carbocycles. The first kappa shape index (κ1) is 24.2. The molecule has 0 aliphatic rings. The summed E-state index contributed by atoms with van der Waals surface area (Å²) in [6.07, 6.45) is 1.36. The molecule has 31 heavy (non-hydrogen) atoms. The normalized spacial score (nSPS) is 9.97. The summed E-state index contributed by atoms with van der Waals surface area (Å²) in [4.78, 5) is 22.6. The third kappa shape index (κ3) is 7.29. The highest BCUT2D eigenvalue weighted by Crippen LogP contribution is 2.18. The van der Waals surface area contributed by atoms with E-state index in [1.807, 2.05) is 30.3 Å². The van der Waals surface area contributed by atoms with E-state index >= 15 is 0 Å². The lowest BCUT2D eigenvalue weighted by molar-refractivity contribution is 0.0590. The van der Waals surface area contributed by atoms with Crippen molar-refractivity contribution in [3.8, 4) is 0 Å². The Balaban J connectivity index is 0.000000245. The van der Waals surface area contributed by atoms with Crippen LogP contribution < -0.4 is 0 Å². The Morgan fingerprint density at radius 3 is 1.90 bits per heavy atom. The van der Waals surface area contributed by atoms with Crippen LogP contribution >= 0.6 is 15.9 Å². The van der Waals surface area contributed by atoms with Crippen LogP contribution in [0.25, 0.3) is 0 Å². The van der Waals surface area contributed by atoms with E-state index in [-0.39, 0.29) is 5.82 Å². The van der Waals surface area contributed by atoms with Crippen LogP contribution in [0.15, 0.2) is 71.2 Å². The first-order valence-corrected chi connectivity index (χ1v) is 10.1. The molecule has 0 aliphatic heterocycles. The van der Waals surface area contributed by atoms with Crippen LogP contribution in [0.2, 0.25) is 0 Å². The Kier molecular flexibility index (Phi) is 9.34. The van der Waals surface area contributed by atoms with Gasteiger partial charge in [-0.25, -0.2) is 18.4 Å². The summed E-state index contributed by atoms with van der Waals surface area (Å²) in [5, 5.41) is 0. The van der Waals surface area contributed by atoms with Gasteiger partial charge in [-0.05, 0) is 76.3 Å². The molecule has 0 saturated heterocycles. The van der Waals surface area contributed by atoms with Gasteiger partial charge in [0.25, 0.3) is 0 Å². The second-order valence-electron chi connectivity index (χ2n) is 6.39. The number of halogens is 3. The van der Waals surface area contributed by atoms with E-state index in [9.17, 15) is 18.4 Å². The standard InChI is InChI=1S/C16H15FO2.C8H6BrFO2/c1-19-16(18)15-10-9-14(17)11-13(15)8-7-12-5-3-2-4-6-12;1-12-8(11)6-3-2-5(10)4-7(6)9/h2-6,9-11H,7-8H2,1H3;2-4H,1H3. The average molecular weight is 491 g/mol. The van der Waals surface area contributed by atoms with Gasteiger partial charge in [0, 0.05) is 4.47 Å². The van der Waals surface area contributed by atoms with Gasteiger partial charge in [0.2, 0.25) is 0 Å². The van der Waals surface area contributed by atoms with Crippen molar-refractivity contribution in [1.82, 2.24) is 0 Å². The second kappa shape index (κ2) is 12.0. The van der Waals surface area contributed by atoms with Crippen molar-refractivity contribution in [3.05, 3.63) is 105 Å². The van der Waals surface area contributed by atoms with Gasteiger partial charge < -0.3 is 9.47 Å². The monoisotopic (exact) mass is 490 g/mol. The number of rotatable bonds is 5. The fourth-order valence-corrected chi connectivity index (χ4v) is 3.28. The van der Waals surface area contributed by atoms with Gasteiger partial charge in [-0.3, -0.25) is 0 Å². The third-order valence-electron chi connectivity index (χ3n) is 4.33. The molecule has 4 nitrogen and oxygen atoms in total. The zero-order valence-electron chi connectivity index (χ0n) is 17.0. The van der Waals surface area contributed by atoms with Gasteiger partial charge in [0.15, 0.2) is 0 Å². The summed E-state index contributed by atoms with van der Waals surface area (Å²) in [7, 11) is 2.60. The quantitative estimate of drug-likeness (QED) is 0.425. The molecule has 0 heterocycles.